The molecular formula is C22H15ClN2O4. The fraction of sp³-hybridized carbons (Fsp3) is 0.0455. The molecule has 3 aromatic rings. The molecule has 1 N–H and O–H groups in total. The number of furan rings is 1. The quantitative estimate of drug-likeness (QED) is 0.510. The largest absolute Gasteiger partial charge is 0.457 e. The first kappa shape index (κ1) is 18.7. The number of amides is 4. The number of carbonyl (C=O) groups is 3. The number of hydrogen-bond acceptors (Lipinski definition) is 4. The maximum atomic E-state index is 12.9. The number of anilines is 1. The zero-order valence-corrected chi connectivity index (χ0v) is 16.1. The number of imide groups is 2. The van der Waals surface area contributed by atoms with Crippen molar-refractivity contribution in [3.63, 3.8) is 0 Å². The van der Waals surface area contributed by atoms with Gasteiger partial charge in [-0.25, -0.2) is 9.69 Å². The topological polar surface area (TPSA) is 79.6 Å². The molecule has 1 fully saturated rings. The van der Waals surface area contributed by atoms with E-state index in [2.05, 4.69) is 5.32 Å². The molecular weight excluding hydrogens is 392 g/mol. The zero-order valence-electron chi connectivity index (χ0n) is 15.3. The van der Waals surface area contributed by atoms with Gasteiger partial charge in [-0.05, 0) is 48.9 Å². The number of hydrogen-bond donors (Lipinski definition) is 1. The van der Waals surface area contributed by atoms with Crippen molar-refractivity contribution in [1.29, 1.82) is 0 Å². The molecule has 144 valence electrons. The van der Waals surface area contributed by atoms with Crippen molar-refractivity contribution in [2.75, 3.05) is 4.90 Å². The van der Waals surface area contributed by atoms with E-state index in [-0.39, 0.29) is 5.57 Å². The van der Waals surface area contributed by atoms with E-state index in [1.165, 1.54) is 6.08 Å². The Hall–Kier alpha value is -3.64. The summed E-state index contributed by atoms with van der Waals surface area (Å²) in [4.78, 5) is 38.5. The van der Waals surface area contributed by atoms with E-state index in [4.69, 9.17) is 16.0 Å². The summed E-state index contributed by atoms with van der Waals surface area (Å²) in [6.45, 7) is 1.78. The molecule has 6 nitrogen and oxygen atoms in total. The second-order valence-corrected chi connectivity index (χ2v) is 6.89. The minimum Gasteiger partial charge on any atom is -0.457 e. The number of benzene rings is 2. The Morgan fingerprint density at radius 3 is 2.55 bits per heavy atom. The Morgan fingerprint density at radius 1 is 1.00 bits per heavy atom. The first-order valence-corrected chi connectivity index (χ1v) is 9.15. The van der Waals surface area contributed by atoms with Crippen LogP contribution in [0.1, 0.15) is 11.3 Å². The van der Waals surface area contributed by atoms with Gasteiger partial charge in [0.2, 0.25) is 0 Å². The van der Waals surface area contributed by atoms with Crippen LogP contribution >= 0.6 is 11.6 Å². The van der Waals surface area contributed by atoms with Crippen LogP contribution in [0.5, 0.6) is 0 Å². The predicted molar refractivity (Wildman–Crippen MR) is 109 cm³/mol. The molecule has 0 aliphatic carbocycles. The Labute approximate surface area is 171 Å². The monoisotopic (exact) mass is 406 g/mol. The first-order valence-electron chi connectivity index (χ1n) is 8.77. The minimum atomic E-state index is -0.787. The average Bonchev–Trinajstić information content (AvgIpc) is 3.15. The maximum absolute atomic E-state index is 12.9. The van der Waals surface area contributed by atoms with Gasteiger partial charge in [-0.15, -0.1) is 0 Å². The highest BCUT2D eigenvalue weighted by atomic mass is 35.5. The van der Waals surface area contributed by atoms with Crippen molar-refractivity contribution < 1.29 is 18.8 Å². The molecule has 29 heavy (non-hydrogen) atoms. The van der Waals surface area contributed by atoms with Crippen molar-refractivity contribution in [2.24, 2.45) is 0 Å². The summed E-state index contributed by atoms with van der Waals surface area (Å²) in [5, 5.41) is 2.76. The number of nitrogens with zero attached hydrogens (tertiary/aromatic N) is 1. The van der Waals surface area contributed by atoms with Crippen molar-refractivity contribution in [3.8, 4) is 11.3 Å². The number of halogens is 1. The molecule has 2 heterocycles. The summed E-state index contributed by atoms with van der Waals surface area (Å²) in [5.41, 5.74) is 1.71. The molecule has 0 unspecified atom stereocenters. The van der Waals surface area contributed by atoms with Crippen molar-refractivity contribution in [3.05, 3.63) is 82.6 Å². The third kappa shape index (κ3) is 3.58. The van der Waals surface area contributed by atoms with Gasteiger partial charge in [0, 0.05) is 10.6 Å². The number of para-hydroxylation sites is 1. The highest BCUT2D eigenvalue weighted by Gasteiger charge is 2.37. The molecule has 4 amide bonds. The Bertz CT molecular complexity index is 1180. The van der Waals surface area contributed by atoms with E-state index in [1.54, 1.807) is 61.5 Å². The highest BCUT2D eigenvalue weighted by molar-refractivity contribution is 6.39. The average molecular weight is 407 g/mol. The van der Waals surface area contributed by atoms with Crippen LogP contribution in [0, 0.1) is 6.92 Å². The predicted octanol–water partition coefficient (Wildman–Crippen LogP) is 4.57. The molecule has 0 bridgehead atoms. The fourth-order valence-corrected chi connectivity index (χ4v) is 3.25. The number of barbiturate groups is 1. The third-order valence-corrected chi connectivity index (χ3v) is 4.72. The Kier molecular flexibility index (Phi) is 4.78. The number of carbonyl (C=O) groups excluding carboxylic acids is 3. The lowest BCUT2D eigenvalue weighted by Crippen LogP contribution is -2.54. The lowest BCUT2D eigenvalue weighted by Gasteiger charge is -2.27. The molecule has 0 radical (unpaired) electrons. The molecule has 7 heteroatoms. The normalized spacial score (nSPS) is 15.7. The Morgan fingerprint density at radius 2 is 1.79 bits per heavy atom. The van der Waals surface area contributed by atoms with E-state index in [0.29, 0.717) is 22.2 Å². The zero-order chi connectivity index (χ0) is 20.5. The highest BCUT2D eigenvalue weighted by Crippen LogP contribution is 2.28. The molecule has 1 saturated heterocycles. The second-order valence-electron chi connectivity index (χ2n) is 6.46. The molecule has 1 aliphatic rings. The van der Waals surface area contributed by atoms with Gasteiger partial charge < -0.3 is 4.42 Å². The van der Waals surface area contributed by atoms with Crippen molar-refractivity contribution >= 4 is 41.2 Å². The molecule has 0 spiro atoms. The summed E-state index contributed by atoms with van der Waals surface area (Å²) in [7, 11) is 0. The standard InChI is InChI=1S/C22H15ClN2O4/c1-13-5-2-3-8-18(13)25-21(27)17(20(26)24-22(25)28)12-16-9-10-19(29-16)14-6-4-7-15(23)11-14/h2-12H,1H3,(H,24,26,28)/b17-12+. The van der Waals surface area contributed by atoms with Gasteiger partial charge in [0.05, 0.1) is 5.69 Å². The second kappa shape index (κ2) is 7.41. The number of urea groups is 1. The van der Waals surface area contributed by atoms with Crippen LogP contribution < -0.4 is 10.2 Å². The number of aryl methyl sites for hydroxylation is 1. The van der Waals surface area contributed by atoms with Gasteiger partial charge in [-0.2, -0.15) is 0 Å². The lowest BCUT2D eigenvalue weighted by atomic mass is 10.1. The van der Waals surface area contributed by atoms with Crippen LogP contribution in [-0.4, -0.2) is 17.8 Å². The van der Waals surface area contributed by atoms with Crippen LogP contribution in [-0.2, 0) is 9.59 Å². The van der Waals surface area contributed by atoms with Gasteiger partial charge in [0.25, 0.3) is 11.8 Å². The lowest BCUT2D eigenvalue weighted by molar-refractivity contribution is -0.122. The van der Waals surface area contributed by atoms with Crippen LogP contribution in [0.15, 0.2) is 70.7 Å². The van der Waals surface area contributed by atoms with Gasteiger partial charge in [-0.3, -0.25) is 14.9 Å². The van der Waals surface area contributed by atoms with Crippen LogP contribution in [0.3, 0.4) is 0 Å². The SMILES string of the molecule is Cc1ccccc1N1C(=O)NC(=O)/C(=C\c2ccc(-c3cccc(Cl)c3)o2)C1=O. The number of rotatable bonds is 3. The molecule has 0 atom stereocenters. The van der Waals surface area contributed by atoms with Gasteiger partial charge in [0.15, 0.2) is 0 Å². The summed E-state index contributed by atoms with van der Waals surface area (Å²) in [6.07, 6.45) is 1.32. The van der Waals surface area contributed by atoms with Crippen LogP contribution in [0.25, 0.3) is 17.4 Å². The van der Waals surface area contributed by atoms with Gasteiger partial charge in [-0.1, -0.05) is 41.9 Å². The number of nitrogens with one attached hydrogen (secondary N) is 1. The Balaban J connectivity index is 1.70. The smallest absolute Gasteiger partial charge is 0.335 e. The minimum absolute atomic E-state index is 0.195. The van der Waals surface area contributed by atoms with Crippen LogP contribution in [0.4, 0.5) is 10.5 Å². The molecule has 1 aliphatic heterocycles. The molecule has 0 saturated carbocycles. The maximum Gasteiger partial charge on any atom is 0.335 e. The molecule has 4 rings (SSSR count). The molecule has 2 aromatic carbocycles. The summed E-state index contributed by atoms with van der Waals surface area (Å²) < 4.78 is 5.74. The van der Waals surface area contributed by atoms with Crippen LogP contribution in [0.2, 0.25) is 5.02 Å². The van der Waals surface area contributed by atoms with Crippen molar-refractivity contribution in [1.82, 2.24) is 5.32 Å². The fourth-order valence-electron chi connectivity index (χ4n) is 3.06. The van der Waals surface area contributed by atoms with E-state index < -0.39 is 17.8 Å². The van der Waals surface area contributed by atoms with E-state index in [0.717, 1.165) is 16.0 Å². The molecule has 1 aromatic heterocycles. The van der Waals surface area contributed by atoms with E-state index >= 15 is 0 Å². The van der Waals surface area contributed by atoms with E-state index in [9.17, 15) is 14.4 Å². The summed E-state index contributed by atoms with van der Waals surface area (Å²) in [6, 6.07) is 16.6. The van der Waals surface area contributed by atoms with Gasteiger partial charge in [0.1, 0.15) is 17.1 Å². The van der Waals surface area contributed by atoms with Gasteiger partial charge >= 0.3 is 6.03 Å². The third-order valence-electron chi connectivity index (χ3n) is 4.48. The first-order chi connectivity index (χ1) is 13.9. The van der Waals surface area contributed by atoms with Crippen molar-refractivity contribution in [2.45, 2.75) is 6.92 Å². The summed E-state index contributed by atoms with van der Waals surface area (Å²) >= 11 is 6.01. The summed E-state index contributed by atoms with van der Waals surface area (Å²) in [5.74, 6) is -0.647. The van der Waals surface area contributed by atoms with E-state index in [1.807, 2.05) is 6.07 Å².